The first-order valence-electron chi connectivity index (χ1n) is 10.1. The van der Waals surface area contributed by atoms with E-state index in [1.807, 2.05) is 24.8 Å². The highest BCUT2D eigenvalue weighted by Gasteiger charge is 2.37. The lowest BCUT2D eigenvalue weighted by Gasteiger charge is -2.30. The van der Waals surface area contributed by atoms with Crippen LogP contribution < -0.4 is 5.32 Å². The third kappa shape index (κ3) is 3.59. The molecule has 2 heterocycles. The minimum Gasteiger partial charge on any atom is -0.336 e. The number of nitrogens with one attached hydrogen (secondary N) is 1. The second kappa shape index (κ2) is 7.37. The highest BCUT2D eigenvalue weighted by atomic mass is 16.2. The molecule has 3 aliphatic rings. The number of aromatic nitrogens is 2. The maximum Gasteiger partial charge on any atom is 0.317 e. The van der Waals surface area contributed by atoms with Crippen molar-refractivity contribution in [2.45, 2.75) is 33.2 Å². The van der Waals surface area contributed by atoms with Crippen LogP contribution in [0.4, 0.5) is 4.79 Å². The molecule has 1 saturated carbocycles. The van der Waals surface area contributed by atoms with Crippen molar-refractivity contribution < 1.29 is 9.59 Å². The number of urea groups is 1. The normalized spacial score (nSPS) is 26.1. The van der Waals surface area contributed by atoms with Crippen LogP contribution in [0.25, 0.3) is 0 Å². The Balaban J connectivity index is 1.50. The number of carbonyl (C=O) groups excluding carboxylic acids is 2. The molecule has 2 bridgehead atoms. The van der Waals surface area contributed by atoms with Gasteiger partial charge in [-0.1, -0.05) is 12.2 Å². The Morgan fingerprint density at radius 2 is 2.22 bits per heavy atom. The van der Waals surface area contributed by atoms with E-state index in [9.17, 15) is 9.59 Å². The Labute approximate surface area is 160 Å². The largest absolute Gasteiger partial charge is 0.336 e. The van der Waals surface area contributed by atoms with Gasteiger partial charge in [0, 0.05) is 39.3 Å². The molecule has 1 aromatic rings. The predicted molar refractivity (Wildman–Crippen MR) is 102 cm³/mol. The van der Waals surface area contributed by atoms with Crippen molar-refractivity contribution in [1.29, 1.82) is 0 Å². The van der Waals surface area contributed by atoms with Gasteiger partial charge in [0.05, 0.1) is 5.69 Å². The zero-order chi connectivity index (χ0) is 19.0. The van der Waals surface area contributed by atoms with Gasteiger partial charge in [-0.2, -0.15) is 5.10 Å². The molecular weight excluding hydrogens is 342 g/mol. The molecule has 27 heavy (non-hydrogen) atoms. The molecule has 3 atom stereocenters. The second-order valence-corrected chi connectivity index (χ2v) is 8.00. The van der Waals surface area contributed by atoms with Gasteiger partial charge < -0.3 is 15.1 Å². The van der Waals surface area contributed by atoms with E-state index in [4.69, 9.17) is 0 Å². The lowest BCUT2D eigenvalue weighted by atomic mass is 9.93. The van der Waals surface area contributed by atoms with Crippen molar-refractivity contribution in [3.63, 3.8) is 0 Å². The molecule has 0 unspecified atom stereocenters. The van der Waals surface area contributed by atoms with Crippen LogP contribution in [-0.2, 0) is 6.54 Å². The number of hydrogen-bond acceptors (Lipinski definition) is 3. The van der Waals surface area contributed by atoms with Gasteiger partial charge in [-0.25, -0.2) is 4.79 Å². The van der Waals surface area contributed by atoms with E-state index in [0.29, 0.717) is 56.2 Å². The van der Waals surface area contributed by atoms with Crippen LogP contribution in [0.3, 0.4) is 0 Å². The minimum absolute atomic E-state index is 0.0281. The number of allylic oxidation sites excluding steroid dienone is 2. The molecule has 7 heteroatoms. The van der Waals surface area contributed by atoms with Crippen LogP contribution in [0.2, 0.25) is 0 Å². The Morgan fingerprint density at radius 3 is 2.85 bits per heavy atom. The van der Waals surface area contributed by atoms with E-state index in [2.05, 4.69) is 22.6 Å². The van der Waals surface area contributed by atoms with E-state index in [1.54, 1.807) is 9.58 Å². The zero-order valence-corrected chi connectivity index (χ0v) is 16.2. The molecule has 2 fully saturated rings. The first-order valence-corrected chi connectivity index (χ1v) is 10.1. The van der Waals surface area contributed by atoms with Crippen molar-refractivity contribution in [1.82, 2.24) is 24.9 Å². The minimum atomic E-state index is -0.0281. The van der Waals surface area contributed by atoms with Crippen LogP contribution in [-0.4, -0.2) is 64.2 Å². The van der Waals surface area contributed by atoms with Gasteiger partial charge in [-0.3, -0.25) is 9.48 Å². The summed E-state index contributed by atoms with van der Waals surface area (Å²) >= 11 is 0. The smallest absolute Gasteiger partial charge is 0.317 e. The third-order valence-electron chi connectivity index (χ3n) is 6.16. The molecule has 146 valence electrons. The fourth-order valence-corrected chi connectivity index (χ4v) is 4.75. The Kier molecular flexibility index (Phi) is 4.93. The van der Waals surface area contributed by atoms with Crippen LogP contribution >= 0.6 is 0 Å². The Morgan fingerprint density at radius 1 is 1.37 bits per heavy atom. The van der Waals surface area contributed by atoms with E-state index < -0.39 is 0 Å². The number of hydrogen-bond donors (Lipinski definition) is 1. The van der Waals surface area contributed by atoms with Crippen molar-refractivity contribution in [2.75, 3.05) is 32.7 Å². The summed E-state index contributed by atoms with van der Waals surface area (Å²) in [6, 6.07) is 1.85. The molecule has 2 aliphatic carbocycles. The molecule has 1 N–H and O–H groups in total. The molecule has 0 aromatic carbocycles. The average Bonchev–Trinajstić information content (AvgIpc) is 3.42. The molecule has 0 spiro atoms. The van der Waals surface area contributed by atoms with Gasteiger partial charge in [-0.05, 0) is 50.5 Å². The topological polar surface area (TPSA) is 70.5 Å². The summed E-state index contributed by atoms with van der Waals surface area (Å²) in [5.41, 5.74) is 1.52. The molecule has 1 saturated heterocycles. The first-order chi connectivity index (χ1) is 13.0. The molecule has 0 radical (unpaired) electrons. The van der Waals surface area contributed by atoms with Gasteiger partial charge in [0.15, 0.2) is 0 Å². The Hall–Kier alpha value is -2.31. The average molecular weight is 371 g/mol. The number of fused-ring (bicyclic) bond motifs is 2. The lowest BCUT2D eigenvalue weighted by Crippen LogP contribution is -2.43. The standard InChI is InChI=1S/C20H29N5O2/c1-3-25-18(10-14(2)22-25)19(26)24(9-8-23-7-6-21-20(23)27)13-17-12-15-4-5-16(17)11-15/h4-5,10,15-17H,3,6-9,11-13H2,1-2H3,(H,21,27)/t15-,16+,17-/m1/s1. The van der Waals surface area contributed by atoms with E-state index >= 15 is 0 Å². The molecular formula is C20H29N5O2. The third-order valence-corrected chi connectivity index (χ3v) is 6.16. The zero-order valence-electron chi connectivity index (χ0n) is 16.2. The summed E-state index contributed by atoms with van der Waals surface area (Å²) in [5.74, 6) is 1.84. The highest BCUT2D eigenvalue weighted by Crippen LogP contribution is 2.43. The molecule has 4 rings (SSSR count). The monoisotopic (exact) mass is 371 g/mol. The van der Waals surface area contributed by atoms with Crippen molar-refractivity contribution in [3.05, 3.63) is 29.6 Å². The molecule has 7 nitrogen and oxygen atoms in total. The summed E-state index contributed by atoms with van der Waals surface area (Å²) in [6.07, 6.45) is 7.06. The van der Waals surface area contributed by atoms with Crippen molar-refractivity contribution in [3.8, 4) is 0 Å². The molecule has 1 aromatic heterocycles. The van der Waals surface area contributed by atoms with Gasteiger partial charge in [0.25, 0.3) is 5.91 Å². The summed E-state index contributed by atoms with van der Waals surface area (Å²) in [5, 5.41) is 7.27. The number of aryl methyl sites for hydroxylation is 2. The quantitative estimate of drug-likeness (QED) is 0.744. The first kappa shape index (κ1) is 18.1. The molecule has 3 amide bonds. The van der Waals surface area contributed by atoms with Crippen LogP contribution in [0, 0.1) is 24.7 Å². The van der Waals surface area contributed by atoms with Gasteiger partial charge in [0.1, 0.15) is 5.69 Å². The van der Waals surface area contributed by atoms with Crippen molar-refractivity contribution in [2.24, 2.45) is 17.8 Å². The number of amides is 3. The van der Waals surface area contributed by atoms with Crippen LogP contribution in [0.1, 0.15) is 35.9 Å². The SMILES string of the molecule is CCn1nc(C)cc1C(=O)N(CCN1CCNC1=O)C[C@H]1C[C@@H]2C=C[C@H]1C2. The molecule has 1 aliphatic heterocycles. The van der Waals surface area contributed by atoms with Gasteiger partial charge in [0.2, 0.25) is 0 Å². The number of nitrogens with zero attached hydrogens (tertiary/aromatic N) is 4. The second-order valence-electron chi connectivity index (χ2n) is 8.00. The fraction of sp³-hybridized carbons (Fsp3) is 0.650. The lowest BCUT2D eigenvalue weighted by molar-refractivity contribution is 0.0693. The Bertz CT molecular complexity index is 756. The maximum absolute atomic E-state index is 13.3. The van der Waals surface area contributed by atoms with E-state index in [0.717, 1.165) is 12.2 Å². The maximum atomic E-state index is 13.3. The fourth-order valence-electron chi connectivity index (χ4n) is 4.75. The number of rotatable bonds is 7. The summed E-state index contributed by atoms with van der Waals surface area (Å²) < 4.78 is 1.79. The van der Waals surface area contributed by atoms with Gasteiger partial charge in [-0.15, -0.1) is 0 Å². The van der Waals surface area contributed by atoms with Crippen molar-refractivity contribution >= 4 is 11.9 Å². The summed E-state index contributed by atoms with van der Waals surface area (Å²) in [6.45, 7) is 7.90. The van der Waals surface area contributed by atoms with E-state index in [1.165, 1.54) is 12.8 Å². The predicted octanol–water partition coefficient (Wildman–Crippen LogP) is 1.89. The van der Waals surface area contributed by atoms with E-state index in [-0.39, 0.29) is 11.9 Å². The summed E-state index contributed by atoms with van der Waals surface area (Å²) in [7, 11) is 0. The number of carbonyl (C=O) groups is 2. The van der Waals surface area contributed by atoms with Crippen LogP contribution in [0.5, 0.6) is 0 Å². The summed E-state index contributed by atoms with van der Waals surface area (Å²) in [4.78, 5) is 29.0. The van der Waals surface area contributed by atoms with Crippen LogP contribution in [0.15, 0.2) is 18.2 Å². The van der Waals surface area contributed by atoms with Gasteiger partial charge >= 0.3 is 6.03 Å². The highest BCUT2D eigenvalue weighted by molar-refractivity contribution is 5.92.